The number of hydrogen-bond donors (Lipinski definition) is 1. The van der Waals surface area contributed by atoms with Gasteiger partial charge in [-0.05, 0) is 13.0 Å². The Bertz CT molecular complexity index is 546. The third-order valence-electron chi connectivity index (χ3n) is 2.60. The van der Waals surface area contributed by atoms with Crippen molar-refractivity contribution in [3.8, 4) is 0 Å². The lowest BCUT2D eigenvalue weighted by Crippen LogP contribution is -2.19. The van der Waals surface area contributed by atoms with Gasteiger partial charge in [0.15, 0.2) is 0 Å². The molecule has 1 N–H and O–H groups in total. The maximum absolute atomic E-state index is 11.1. The zero-order valence-corrected chi connectivity index (χ0v) is 11.4. The van der Waals surface area contributed by atoms with Crippen LogP contribution in [-0.4, -0.2) is 29.0 Å². The van der Waals surface area contributed by atoms with Gasteiger partial charge in [0.2, 0.25) is 0 Å². The Hall–Kier alpha value is -2.55. The molecule has 0 saturated heterocycles. The van der Waals surface area contributed by atoms with Crippen molar-refractivity contribution in [1.82, 2.24) is 5.32 Å². The van der Waals surface area contributed by atoms with Crippen LogP contribution >= 0.6 is 0 Å². The van der Waals surface area contributed by atoms with E-state index in [9.17, 15) is 25.0 Å². The van der Waals surface area contributed by atoms with Crippen molar-refractivity contribution in [3.63, 3.8) is 0 Å². The van der Waals surface area contributed by atoms with Crippen molar-refractivity contribution in [3.05, 3.63) is 44.0 Å². The predicted octanol–water partition coefficient (Wildman–Crippen LogP) is 1.55. The Kier molecular flexibility index (Phi) is 6.21. The van der Waals surface area contributed by atoms with Crippen LogP contribution in [-0.2, 0) is 16.1 Å². The highest BCUT2D eigenvalue weighted by Gasteiger charge is 2.18. The normalized spacial score (nSPS) is 10.1. The van der Waals surface area contributed by atoms with Crippen LogP contribution in [0.15, 0.2) is 18.2 Å². The number of nitrogens with one attached hydrogen (secondary N) is 1. The molecular weight excluding hydrogens is 282 g/mol. The number of rotatable bonds is 8. The highest BCUT2D eigenvalue weighted by Crippen LogP contribution is 2.24. The molecule has 0 amide bonds. The number of nitro groups is 2. The molecule has 9 heteroatoms. The van der Waals surface area contributed by atoms with Gasteiger partial charge in [-0.3, -0.25) is 25.0 Å². The molecule has 114 valence electrons. The molecule has 1 aromatic carbocycles. The Morgan fingerprint density at radius 1 is 1.29 bits per heavy atom. The second kappa shape index (κ2) is 7.90. The molecule has 0 aromatic heterocycles. The van der Waals surface area contributed by atoms with E-state index in [0.717, 1.165) is 6.07 Å². The van der Waals surface area contributed by atoms with Gasteiger partial charge in [-0.15, -0.1) is 0 Å². The van der Waals surface area contributed by atoms with E-state index < -0.39 is 9.85 Å². The summed E-state index contributed by atoms with van der Waals surface area (Å²) in [4.78, 5) is 31.2. The van der Waals surface area contributed by atoms with Crippen LogP contribution < -0.4 is 5.32 Å². The van der Waals surface area contributed by atoms with Gasteiger partial charge in [0.05, 0.1) is 28.9 Å². The number of benzene rings is 1. The SMILES string of the molecule is CCOC(=O)CCNCc1ccc([N+](=O)[O-])cc1[N+](=O)[O-]. The van der Waals surface area contributed by atoms with E-state index in [4.69, 9.17) is 4.74 Å². The molecule has 0 aliphatic heterocycles. The lowest BCUT2D eigenvalue weighted by Gasteiger charge is -2.05. The molecule has 1 rings (SSSR count). The summed E-state index contributed by atoms with van der Waals surface area (Å²) < 4.78 is 4.74. The van der Waals surface area contributed by atoms with E-state index in [-0.39, 0.29) is 30.3 Å². The molecule has 1 aromatic rings. The third kappa shape index (κ3) is 5.15. The highest BCUT2D eigenvalue weighted by molar-refractivity contribution is 5.69. The van der Waals surface area contributed by atoms with Crippen molar-refractivity contribution < 1.29 is 19.4 Å². The quantitative estimate of drug-likeness (QED) is 0.334. The van der Waals surface area contributed by atoms with Crippen LogP contribution in [0.4, 0.5) is 11.4 Å². The van der Waals surface area contributed by atoms with E-state index in [1.54, 1.807) is 6.92 Å². The van der Waals surface area contributed by atoms with Crippen molar-refractivity contribution in [2.45, 2.75) is 19.9 Å². The molecule has 0 unspecified atom stereocenters. The Morgan fingerprint density at radius 3 is 2.57 bits per heavy atom. The molecule has 0 spiro atoms. The standard InChI is InChI=1S/C12H15N3O6/c1-2-21-12(16)5-6-13-8-9-3-4-10(14(17)18)7-11(9)15(19)20/h3-4,7,13H,2,5-6,8H2,1H3. The number of hydrogen-bond acceptors (Lipinski definition) is 7. The van der Waals surface area contributed by atoms with Crippen molar-refractivity contribution in [2.75, 3.05) is 13.2 Å². The van der Waals surface area contributed by atoms with Crippen molar-refractivity contribution in [1.29, 1.82) is 0 Å². The van der Waals surface area contributed by atoms with Crippen LogP contribution in [0, 0.1) is 20.2 Å². The van der Waals surface area contributed by atoms with Crippen molar-refractivity contribution >= 4 is 17.3 Å². The lowest BCUT2D eigenvalue weighted by molar-refractivity contribution is -0.394. The summed E-state index contributed by atoms with van der Waals surface area (Å²) in [6.45, 7) is 2.43. The molecule has 0 aliphatic rings. The Labute approximate surface area is 120 Å². The van der Waals surface area contributed by atoms with Crippen LogP contribution in [0.5, 0.6) is 0 Å². The molecule has 0 heterocycles. The van der Waals surface area contributed by atoms with Gasteiger partial charge < -0.3 is 10.1 Å². The first-order valence-electron chi connectivity index (χ1n) is 6.23. The van der Waals surface area contributed by atoms with E-state index in [0.29, 0.717) is 18.7 Å². The fourth-order valence-electron chi connectivity index (χ4n) is 1.63. The number of nitro benzene ring substituents is 2. The summed E-state index contributed by atoms with van der Waals surface area (Å²) in [5.41, 5.74) is -0.348. The average molecular weight is 297 g/mol. The van der Waals surface area contributed by atoms with E-state index in [1.807, 2.05) is 0 Å². The zero-order chi connectivity index (χ0) is 15.8. The summed E-state index contributed by atoms with van der Waals surface area (Å²) in [5.74, 6) is -0.358. The van der Waals surface area contributed by atoms with E-state index in [1.165, 1.54) is 12.1 Å². The summed E-state index contributed by atoms with van der Waals surface area (Å²) in [7, 11) is 0. The van der Waals surface area contributed by atoms with E-state index >= 15 is 0 Å². The summed E-state index contributed by atoms with van der Waals surface area (Å²) in [6.07, 6.45) is 0.147. The molecule has 0 aliphatic carbocycles. The smallest absolute Gasteiger partial charge is 0.307 e. The molecule has 21 heavy (non-hydrogen) atoms. The van der Waals surface area contributed by atoms with Crippen LogP contribution in [0.1, 0.15) is 18.9 Å². The third-order valence-corrected chi connectivity index (χ3v) is 2.60. The Morgan fingerprint density at radius 2 is 2.00 bits per heavy atom. The number of ether oxygens (including phenoxy) is 1. The molecule has 9 nitrogen and oxygen atoms in total. The number of carbonyl (C=O) groups excluding carboxylic acids is 1. The topological polar surface area (TPSA) is 125 Å². The van der Waals surface area contributed by atoms with Gasteiger partial charge in [-0.25, -0.2) is 0 Å². The number of nitrogens with zero attached hydrogens (tertiary/aromatic N) is 2. The maximum Gasteiger partial charge on any atom is 0.307 e. The number of esters is 1. The summed E-state index contributed by atoms with van der Waals surface area (Å²) in [6, 6.07) is 3.45. The first-order valence-corrected chi connectivity index (χ1v) is 6.23. The number of non-ortho nitro benzene ring substituents is 1. The fourth-order valence-corrected chi connectivity index (χ4v) is 1.63. The lowest BCUT2D eigenvalue weighted by atomic mass is 10.1. The molecule has 0 radical (unpaired) electrons. The largest absolute Gasteiger partial charge is 0.466 e. The molecule has 0 saturated carbocycles. The van der Waals surface area contributed by atoms with Gasteiger partial charge in [-0.2, -0.15) is 0 Å². The first-order chi connectivity index (χ1) is 9.95. The van der Waals surface area contributed by atoms with Gasteiger partial charge in [0.1, 0.15) is 0 Å². The summed E-state index contributed by atoms with van der Waals surface area (Å²) >= 11 is 0. The minimum absolute atomic E-state index is 0.133. The second-order valence-electron chi connectivity index (χ2n) is 4.06. The minimum atomic E-state index is -0.690. The Balaban J connectivity index is 2.64. The molecule has 0 bridgehead atoms. The monoisotopic (exact) mass is 297 g/mol. The number of carbonyl (C=O) groups is 1. The molecule has 0 fully saturated rings. The maximum atomic E-state index is 11.1. The van der Waals surface area contributed by atoms with Crippen molar-refractivity contribution in [2.24, 2.45) is 0 Å². The average Bonchev–Trinajstić information content (AvgIpc) is 2.43. The van der Waals surface area contributed by atoms with E-state index in [2.05, 4.69) is 5.32 Å². The fraction of sp³-hybridized carbons (Fsp3) is 0.417. The predicted molar refractivity (Wildman–Crippen MR) is 72.7 cm³/mol. The first kappa shape index (κ1) is 16.5. The molecular formula is C12H15N3O6. The van der Waals surface area contributed by atoms with Gasteiger partial charge >= 0.3 is 5.97 Å². The van der Waals surface area contributed by atoms with Crippen LogP contribution in [0.25, 0.3) is 0 Å². The van der Waals surface area contributed by atoms with Gasteiger partial charge in [0, 0.05) is 24.7 Å². The zero-order valence-electron chi connectivity index (χ0n) is 11.4. The highest BCUT2D eigenvalue weighted by atomic mass is 16.6. The van der Waals surface area contributed by atoms with Gasteiger partial charge in [0.25, 0.3) is 11.4 Å². The van der Waals surface area contributed by atoms with Crippen LogP contribution in [0.3, 0.4) is 0 Å². The van der Waals surface area contributed by atoms with Gasteiger partial charge in [-0.1, -0.05) is 0 Å². The minimum Gasteiger partial charge on any atom is -0.466 e. The van der Waals surface area contributed by atoms with Crippen LogP contribution in [0.2, 0.25) is 0 Å². The summed E-state index contributed by atoms with van der Waals surface area (Å²) in [5, 5.41) is 24.4. The molecule has 0 atom stereocenters. The second-order valence-corrected chi connectivity index (χ2v) is 4.06.